The van der Waals surface area contributed by atoms with E-state index in [1.54, 1.807) is 0 Å². The van der Waals surface area contributed by atoms with Gasteiger partial charge in [0, 0.05) is 11.4 Å². The molecule has 8 heteroatoms. The first kappa shape index (κ1) is 16.2. The summed E-state index contributed by atoms with van der Waals surface area (Å²) in [5.41, 5.74) is 0.559. The molecule has 0 atom stereocenters. The second kappa shape index (κ2) is 6.69. The number of carboxylic acid groups (broad SMARTS) is 1. The van der Waals surface area contributed by atoms with Crippen LogP contribution in [0.1, 0.15) is 10.4 Å². The maximum absolute atomic E-state index is 12.1. The van der Waals surface area contributed by atoms with E-state index in [2.05, 4.69) is 20.7 Å². The van der Waals surface area contributed by atoms with Gasteiger partial charge in [-0.3, -0.25) is 4.79 Å². The smallest absolute Gasteiger partial charge is 0.307 e. The SMILES string of the molecule is O=C(O)Cc1ccc(S(=O)(=O)NCc2ccc(Br)s2)cc1. The molecule has 0 saturated carbocycles. The van der Waals surface area contributed by atoms with E-state index in [0.717, 1.165) is 8.66 Å². The molecular weight excluding hydrogens is 378 g/mol. The van der Waals surface area contributed by atoms with Crippen LogP contribution in [0.15, 0.2) is 45.1 Å². The molecule has 2 N–H and O–H groups in total. The molecule has 112 valence electrons. The fraction of sp³-hybridized carbons (Fsp3) is 0.154. The van der Waals surface area contributed by atoms with Crippen LogP contribution in [0, 0.1) is 0 Å². The summed E-state index contributed by atoms with van der Waals surface area (Å²) in [6.07, 6.45) is -0.128. The number of carbonyl (C=O) groups is 1. The fourth-order valence-electron chi connectivity index (χ4n) is 1.66. The van der Waals surface area contributed by atoms with E-state index in [-0.39, 0.29) is 17.9 Å². The molecule has 1 aromatic carbocycles. The molecule has 2 aromatic rings. The molecule has 0 amide bonds. The van der Waals surface area contributed by atoms with Gasteiger partial charge in [-0.15, -0.1) is 11.3 Å². The minimum Gasteiger partial charge on any atom is -0.481 e. The van der Waals surface area contributed by atoms with Gasteiger partial charge in [-0.25, -0.2) is 13.1 Å². The Morgan fingerprint density at radius 1 is 1.19 bits per heavy atom. The van der Waals surface area contributed by atoms with Crippen molar-refractivity contribution >= 4 is 43.3 Å². The van der Waals surface area contributed by atoms with Gasteiger partial charge in [-0.1, -0.05) is 12.1 Å². The number of sulfonamides is 1. The predicted octanol–water partition coefficient (Wildman–Crippen LogP) is 2.62. The highest BCUT2D eigenvalue weighted by atomic mass is 79.9. The molecule has 2 rings (SSSR count). The normalized spacial score (nSPS) is 11.5. The van der Waals surface area contributed by atoms with Gasteiger partial charge in [0.2, 0.25) is 10.0 Å². The lowest BCUT2D eigenvalue weighted by atomic mass is 10.2. The Morgan fingerprint density at radius 2 is 1.86 bits per heavy atom. The fourth-order valence-corrected chi connectivity index (χ4v) is 4.18. The summed E-state index contributed by atoms with van der Waals surface area (Å²) in [7, 11) is -3.60. The van der Waals surface area contributed by atoms with E-state index in [9.17, 15) is 13.2 Å². The Morgan fingerprint density at radius 3 is 2.38 bits per heavy atom. The van der Waals surface area contributed by atoms with Crippen LogP contribution in [0.25, 0.3) is 0 Å². The summed E-state index contributed by atoms with van der Waals surface area (Å²) in [5, 5.41) is 8.68. The van der Waals surface area contributed by atoms with Crippen molar-refractivity contribution in [3.05, 3.63) is 50.6 Å². The highest BCUT2D eigenvalue weighted by Crippen LogP contribution is 2.22. The number of aliphatic carboxylic acids is 1. The van der Waals surface area contributed by atoms with E-state index in [0.29, 0.717) is 5.56 Å². The number of hydrogen-bond donors (Lipinski definition) is 2. The molecule has 0 spiro atoms. The van der Waals surface area contributed by atoms with Crippen molar-refractivity contribution in [2.45, 2.75) is 17.9 Å². The quantitative estimate of drug-likeness (QED) is 0.795. The number of thiophene rings is 1. The summed E-state index contributed by atoms with van der Waals surface area (Å²) in [4.78, 5) is 11.6. The van der Waals surface area contributed by atoms with Crippen LogP contribution in [0.2, 0.25) is 0 Å². The largest absolute Gasteiger partial charge is 0.481 e. The summed E-state index contributed by atoms with van der Waals surface area (Å²) >= 11 is 4.78. The average molecular weight is 390 g/mol. The molecule has 21 heavy (non-hydrogen) atoms. The monoisotopic (exact) mass is 389 g/mol. The zero-order chi connectivity index (χ0) is 15.5. The van der Waals surface area contributed by atoms with Crippen molar-refractivity contribution in [2.75, 3.05) is 0 Å². The number of benzene rings is 1. The summed E-state index contributed by atoms with van der Waals surface area (Å²) in [6.45, 7) is 0.218. The van der Waals surface area contributed by atoms with Gasteiger partial charge in [0.15, 0.2) is 0 Å². The number of nitrogens with one attached hydrogen (secondary N) is 1. The van der Waals surface area contributed by atoms with E-state index in [4.69, 9.17) is 5.11 Å². The van der Waals surface area contributed by atoms with Gasteiger partial charge >= 0.3 is 5.97 Å². The molecule has 0 bridgehead atoms. The van der Waals surface area contributed by atoms with Crippen LogP contribution in [-0.2, 0) is 27.8 Å². The molecule has 1 heterocycles. The predicted molar refractivity (Wildman–Crippen MR) is 83.8 cm³/mol. The maximum atomic E-state index is 12.1. The van der Waals surface area contributed by atoms with E-state index in [1.807, 2.05) is 12.1 Å². The summed E-state index contributed by atoms with van der Waals surface area (Å²) in [5.74, 6) is -0.952. The lowest BCUT2D eigenvalue weighted by Gasteiger charge is -2.06. The van der Waals surface area contributed by atoms with E-state index in [1.165, 1.54) is 35.6 Å². The second-order valence-electron chi connectivity index (χ2n) is 4.24. The number of hydrogen-bond acceptors (Lipinski definition) is 4. The third-order valence-corrected chi connectivity index (χ3v) is 5.70. The number of rotatable bonds is 6. The molecule has 5 nitrogen and oxygen atoms in total. The Bertz CT molecular complexity index is 738. The molecule has 0 aliphatic heterocycles. The van der Waals surface area contributed by atoms with Crippen LogP contribution in [-0.4, -0.2) is 19.5 Å². The number of carboxylic acids is 1. The van der Waals surface area contributed by atoms with Crippen molar-refractivity contribution in [1.82, 2.24) is 4.72 Å². The van der Waals surface area contributed by atoms with Crippen LogP contribution < -0.4 is 4.72 Å². The van der Waals surface area contributed by atoms with Crippen LogP contribution >= 0.6 is 27.3 Å². The first-order valence-corrected chi connectivity index (χ1v) is 9.01. The lowest BCUT2D eigenvalue weighted by Crippen LogP contribution is -2.22. The van der Waals surface area contributed by atoms with Gasteiger partial charge in [0.1, 0.15) is 0 Å². The highest BCUT2D eigenvalue weighted by molar-refractivity contribution is 9.11. The first-order valence-electron chi connectivity index (χ1n) is 5.91. The lowest BCUT2D eigenvalue weighted by molar-refractivity contribution is -0.136. The minimum absolute atomic E-state index is 0.118. The second-order valence-corrected chi connectivity index (χ2v) is 8.56. The van der Waals surface area contributed by atoms with Crippen molar-refractivity contribution in [3.63, 3.8) is 0 Å². The van der Waals surface area contributed by atoms with Crippen LogP contribution in [0.4, 0.5) is 0 Å². The molecule has 0 radical (unpaired) electrons. The molecule has 0 fully saturated rings. The number of halogens is 1. The Hall–Kier alpha value is -1.22. The van der Waals surface area contributed by atoms with Gasteiger partial charge in [0.25, 0.3) is 0 Å². The standard InChI is InChI=1S/C13H12BrNO4S2/c14-12-6-3-10(20-12)8-15-21(18,19)11-4-1-9(2-5-11)7-13(16)17/h1-6,15H,7-8H2,(H,16,17). The molecular formula is C13H12BrNO4S2. The van der Waals surface area contributed by atoms with Crippen LogP contribution in [0.3, 0.4) is 0 Å². The van der Waals surface area contributed by atoms with Gasteiger partial charge in [-0.05, 0) is 45.8 Å². The first-order chi connectivity index (χ1) is 9.87. The molecule has 1 aromatic heterocycles. The molecule has 0 aliphatic rings. The molecule has 0 unspecified atom stereocenters. The van der Waals surface area contributed by atoms with Gasteiger partial charge < -0.3 is 5.11 Å². The third kappa shape index (κ3) is 4.63. The Kier molecular flexibility index (Phi) is 5.15. The zero-order valence-electron chi connectivity index (χ0n) is 10.7. The molecule has 0 saturated heterocycles. The van der Waals surface area contributed by atoms with Crippen molar-refractivity contribution in [2.24, 2.45) is 0 Å². The zero-order valence-corrected chi connectivity index (χ0v) is 14.0. The van der Waals surface area contributed by atoms with E-state index >= 15 is 0 Å². The molecule has 0 aliphatic carbocycles. The van der Waals surface area contributed by atoms with E-state index < -0.39 is 16.0 Å². The van der Waals surface area contributed by atoms with Crippen molar-refractivity contribution in [1.29, 1.82) is 0 Å². The van der Waals surface area contributed by atoms with Crippen molar-refractivity contribution in [3.8, 4) is 0 Å². The maximum Gasteiger partial charge on any atom is 0.307 e. The summed E-state index contributed by atoms with van der Waals surface area (Å²) < 4.78 is 27.7. The Labute approximate surface area is 134 Å². The topological polar surface area (TPSA) is 83.5 Å². The highest BCUT2D eigenvalue weighted by Gasteiger charge is 2.14. The Balaban J connectivity index is 2.06. The van der Waals surface area contributed by atoms with Gasteiger partial charge in [-0.2, -0.15) is 0 Å². The van der Waals surface area contributed by atoms with Crippen molar-refractivity contribution < 1.29 is 18.3 Å². The minimum atomic E-state index is -3.60. The third-order valence-electron chi connectivity index (χ3n) is 2.65. The van der Waals surface area contributed by atoms with Gasteiger partial charge in [0.05, 0.1) is 15.1 Å². The summed E-state index contributed by atoms with van der Waals surface area (Å²) in [6, 6.07) is 9.52. The van der Waals surface area contributed by atoms with Crippen LogP contribution in [0.5, 0.6) is 0 Å². The average Bonchev–Trinajstić information content (AvgIpc) is 2.82.